The molecular weight excluding hydrogens is 172 g/mol. The second-order valence-corrected chi connectivity index (χ2v) is 4.36. The third-order valence-corrected chi connectivity index (χ3v) is 3.18. The highest BCUT2D eigenvalue weighted by Gasteiger charge is 2.19. The van der Waals surface area contributed by atoms with E-state index in [2.05, 4.69) is 30.3 Å². The van der Waals surface area contributed by atoms with Crippen molar-refractivity contribution in [1.29, 1.82) is 0 Å². The topological polar surface area (TPSA) is 20.2 Å². The largest absolute Gasteiger partial charge is 0.393 e. The Morgan fingerprint density at radius 3 is 2.29 bits per heavy atom. The lowest BCUT2D eigenvalue weighted by Crippen LogP contribution is -2.19. The van der Waals surface area contributed by atoms with Gasteiger partial charge < -0.3 is 5.11 Å². The Kier molecular flexibility index (Phi) is 3.20. The van der Waals surface area contributed by atoms with Crippen LogP contribution in [0.5, 0.6) is 0 Å². The van der Waals surface area contributed by atoms with Gasteiger partial charge in [0.05, 0.1) is 6.10 Å². The molecule has 1 heteroatoms. The highest BCUT2D eigenvalue weighted by Crippen LogP contribution is 2.26. The molecular formula is C13H18O. The van der Waals surface area contributed by atoms with Crippen LogP contribution in [0.2, 0.25) is 0 Å². The normalized spacial score (nSPS) is 27.5. The monoisotopic (exact) mass is 190 g/mol. The van der Waals surface area contributed by atoms with Crippen molar-refractivity contribution in [2.24, 2.45) is 5.92 Å². The predicted octanol–water partition coefficient (Wildman–Crippen LogP) is 2.78. The van der Waals surface area contributed by atoms with Crippen LogP contribution in [0, 0.1) is 5.92 Å². The van der Waals surface area contributed by atoms with Gasteiger partial charge in [-0.3, -0.25) is 0 Å². The number of aliphatic hydroxyl groups excluding tert-OH is 1. The van der Waals surface area contributed by atoms with Crippen LogP contribution in [-0.4, -0.2) is 11.2 Å². The average Bonchev–Trinajstić information content (AvgIpc) is 2.23. The molecule has 0 heterocycles. The zero-order chi connectivity index (χ0) is 9.80. The first-order valence-electron chi connectivity index (χ1n) is 5.56. The van der Waals surface area contributed by atoms with Crippen LogP contribution in [-0.2, 0) is 6.42 Å². The highest BCUT2D eigenvalue weighted by atomic mass is 16.3. The fourth-order valence-electron chi connectivity index (χ4n) is 2.30. The van der Waals surface area contributed by atoms with E-state index in [0.717, 1.165) is 18.8 Å². The van der Waals surface area contributed by atoms with Gasteiger partial charge in [0.2, 0.25) is 0 Å². The third kappa shape index (κ3) is 2.58. The molecule has 1 fully saturated rings. The van der Waals surface area contributed by atoms with Gasteiger partial charge in [-0.1, -0.05) is 30.3 Å². The summed E-state index contributed by atoms with van der Waals surface area (Å²) in [5.74, 6) is 0.792. The Balaban J connectivity index is 1.87. The summed E-state index contributed by atoms with van der Waals surface area (Å²) in [6, 6.07) is 10.7. The zero-order valence-corrected chi connectivity index (χ0v) is 8.52. The summed E-state index contributed by atoms with van der Waals surface area (Å²) in [6.45, 7) is 0. The van der Waals surface area contributed by atoms with Crippen LogP contribution < -0.4 is 0 Å². The average molecular weight is 190 g/mol. The first kappa shape index (κ1) is 9.72. The summed E-state index contributed by atoms with van der Waals surface area (Å²) in [4.78, 5) is 0. The summed E-state index contributed by atoms with van der Waals surface area (Å²) in [5, 5.41) is 9.39. The van der Waals surface area contributed by atoms with E-state index < -0.39 is 0 Å². The third-order valence-electron chi connectivity index (χ3n) is 3.18. The van der Waals surface area contributed by atoms with Crippen molar-refractivity contribution >= 4 is 0 Å². The quantitative estimate of drug-likeness (QED) is 0.760. The molecule has 1 aliphatic carbocycles. The van der Waals surface area contributed by atoms with Gasteiger partial charge in [0.25, 0.3) is 0 Å². The van der Waals surface area contributed by atoms with Crippen LogP contribution in [0.1, 0.15) is 31.2 Å². The van der Waals surface area contributed by atoms with Crippen molar-refractivity contribution in [3.63, 3.8) is 0 Å². The molecule has 0 aromatic heterocycles. The van der Waals surface area contributed by atoms with E-state index in [9.17, 15) is 5.11 Å². The first-order valence-corrected chi connectivity index (χ1v) is 5.56. The Morgan fingerprint density at radius 2 is 1.64 bits per heavy atom. The Labute approximate surface area is 85.8 Å². The molecule has 0 spiro atoms. The van der Waals surface area contributed by atoms with Crippen molar-refractivity contribution in [2.45, 2.75) is 38.2 Å². The van der Waals surface area contributed by atoms with Gasteiger partial charge in [-0.2, -0.15) is 0 Å². The van der Waals surface area contributed by atoms with E-state index in [1.54, 1.807) is 0 Å². The molecule has 14 heavy (non-hydrogen) atoms. The van der Waals surface area contributed by atoms with Gasteiger partial charge in [0.15, 0.2) is 0 Å². The fraction of sp³-hybridized carbons (Fsp3) is 0.538. The second kappa shape index (κ2) is 4.61. The van der Waals surface area contributed by atoms with Gasteiger partial charge in [-0.15, -0.1) is 0 Å². The summed E-state index contributed by atoms with van der Waals surface area (Å²) < 4.78 is 0. The minimum absolute atomic E-state index is 0.0259. The molecule has 0 aliphatic heterocycles. The van der Waals surface area contributed by atoms with Gasteiger partial charge in [-0.05, 0) is 43.6 Å². The Hall–Kier alpha value is -0.820. The van der Waals surface area contributed by atoms with Gasteiger partial charge >= 0.3 is 0 Å². The number of aliphatic hydroxyl groups is 1. The van der Waals surface area contributed by atoms with Crippen LogP contribution in [0.3, 0.4) is 0 Å². The predicted molar refractivity (Wildman–Crippen MR) is 58.1 cm³/mol. The van der Waals surface area contributed by atoms with Crippen LogP contribution in [0.15, 0.2) is 30.3 Å². The number of benzene rings is 1. The van der Waals surface area contributed by atoms with Crippen LogP contribution in [0.4, 0.5) is 0 Å². The summed E-state index contributed by atoms with van der Waals surface area (Å²) in [7, 11) is 0. The van der Waals surface area contributed by atoms with Crippen molar-refractivity contribution in [3.05, 3.63) is 35.9 Å². The minimum atomic E-state index is -0.0259. The van der Waals surface area contributed by atoms with Crippen molar-refractivity contribution in [3.8, 4) is 0 Å². The lowest BCUT2D eigenvalue weighted by molar-refractivity contribution is 0.109. The smallest absolute Gasteiger partial charge is 0.0540 e. The SMILES string of the molecule is OC1CCC(Cc2ccccc2)CC1. The molecule has 0 unspecified atom stereocenters. The number of hydrogen-bond donors (Lipinski definition) is 1. The molecule has 0 atom stereocenters. The van der Waals surface area contributed by atoms with Crippen molar-refractivity contribution in [2.75, 3.05) is 0 Å². The maximum Gasteiger partial charge on any atom is 0.0540 e. The molecule has 1 saturated carbocycles. The van der Waals surface area contributed by atoms with Crippen LogP contribution in [0.25, 0.3) is 0 Å². The van der Waals surface area contributed by atoms with E-state index in [1.165, 1.54) is 24.8 Å². The molecule has 1 aromatic carbocycles. The molecule has 1 aromatic rings. The van der Waals surface area contributed by atoms with E-state index in [4.69, 9.17) is 0 Å². The fourth-order valence-corrected chi connectivity index (χ4v) is 2.30. The Bertz CT molecular complexity index is 260. The van der Waals surface area contributed by atoms with Crippen LogP contribution >= 0.6 is 0 Å². The maximum atomic E-state index is 9.39. The lowest BCUT2D eigenvalue weighted by Gasteiger charge is -2.25. The lowest BCUT2D eigenvalue weighted by atomic mass is 9.83. The summed E-state index contributed by atoms with van der Waals surface area (Å²) >= 11 is 0. The number of rotatable bonds is 2. The molecule has 0 saturated heterocycles. The molecule has 2 rings (SSSR count). The molecule has 1 aliphatic rings. The van der Waals surface area contributed by atoms with Gasteiger partial charge in [0, 0.05) is 0 Å². The molecule has 0 amide bonds. The molecule has 1 N–H and O–H groups in total. The van der Waals surface area contributed by atoms with Crippen molar-refractivity contribution < 1.29 is 5.11 Å². The van der Waals surface area contributed by atoms with E-state index in [1.807, 2.05) is 0 Å². The second-order valence-electron chi connectivity index (χ2n) is 4.36. The van der Waals surface area contributed by atoms with E-state index >= 15 is 0 Å². The summed E-state index contributed by atoms with van der Waals surface area (Å²) in [6.07, 6.45) is 5.54. The Morgan fingerprint density at radius 1 is 1.00 bits per heavy atom. The summed E-state index contributed by atoms with van der Waals surface area (Å²) in [5.41, 5.74) is 1.44. The number of hydrogen-bond acceptors (Lipinski definition) is 1. The maximum absolute atomic E-state index is 9.39. The van der Waals surface area contributed by atoms with E-state index in [0.29, 0.717) is 0 Å². The van der Waals surface area contributed by atoms with Gasteiger partial charge in [0.1, 0.15) is 0 Å². The zero-order valence-electron chi connectivity index (χ0n) is 8.52. The highest BCUT2D eigenvalue weighted by molar-refractivity contribution is 5.15. The van der Waals surface area contributed by atoms with Gasteiger partial charge in [-0.25, -0.2) is 0 Å². The molecule has 0 bridgehead atoms. The molecule has 0 radical (unpaired) electrons. The molecule has 76 valence electrons. The first-order chi connectivity index (χ1) is 6.84. The minimum Gasteiger partial charge on any atom is -0.393 e. The van der Waals surface area contributed by atoms with E-state index in [-0.39, 0.29) is 6.10 Å². The molecule has 1 nitrogen and oxygen atoms in total. The standard InChI is InChI=1S/C13H18O/c14-13-8-6-12(7-9-13)10-11-4-2-1-3-5-11/h1-5,12-14H,6-10H2. The van der Waals surface area contributed by atoms with Crippen molar-refractivity contribution in [1.82, 2.24) is 0 Å².